The van der Waals surface area contributed by atoms with Gasteiger partial charge in [0, 0.05) is 22.5 Å². The SMILES string of the molecule is COc1c([C@H](C)N[S+]([O-])C(C)(C)C)cc(OCc2ccccc2)c(C(=O)Oc2ccccc2)c1C. The molecule has 0 saturated carbocycles. The number of hydrogen-bond acceptors (Lipinski definition) is 6. The molecule has 0 aliphatic heterocycles. The molecule has 6 nitrogen and oxygen atoms in total. The Labute approximate surface area is 210 Å². The van der Waals surface area contributed by atoms with Crippen LogP contribution in [0, 0.1) is 6.92 Å². The maximum Gasteiger partial charge on any atom is 0.347 e. The molecular formula is C28H33NO5S. The van der Waals surface area contributed by atoms with E-state index in [-0.39, 0.29) is 18.2 Å². The zero-order valence-electron chi connectivity index (χ0n) is 21.1. The molecule has 1 unspecified atom stereocenters. The Hall–Kier alpha value is -3.00. The second-order valence-electron chi connectivity index (χ2n) is 9.19. The maximum atomic E-state index is 13.3. The average Bonchev–Trinajstić information content (AvgIpc) is 2.82. The minimum Gasteiger partial charge on any atom is -0.598 e. The summed E-state index contributed by atoms with van der Waals surface area (Å²) >= 11 is -1.30. The second-order valence-corrected chi connectivity index (χ2v) is 11.2. The van der Waals surface area contributed by atoms with Gasteiger partial charge in [0.25, 0.3) is 0 Å². The lowest BCUT2D eigenvalue weighted by atomic mass is 9.98. The van der Waals surface area contributed by atoms with Gasteiger partial charge in [-0.1, -0.05) is 48.5 Å². The highest BCUT2D eigenvalue weighted by Gasteiger charge is 2.31. The predicted molar refractivity (Wildman–Crippen MR) is 139 cm³/mol. The van der Waals surface area contributed by atoms with Gasteiger partial charge in [0.2, 0.25) is 0 Å². The molecule has 0 spiro atoms. The van der Waals surface area contributed by atoms with E-state index >= 15 is 0 Å². The molecule has 0 aliphatic rings. The molecule has 0 saturated heterocycles. The lowest BCUT2D eigenvalue weighted by Crippen LogP contribution is -2.40. The molecule has 0 fully saturated rings. The van der Waals surface area contributed by atoms with Crippen LogP contribution in [-0.4, -0.2) is 22.4 Å². The molecule has 0 heterocycles. The van der Waals surface area contributed by atoms with E-state index in [4.69, 9.17) is 14.2 Å². The number of ether oxygens (including phenoxy) is 3. The van der Waals surface area contributed by atoms with E-state index in [1.165, 1.54) is 0 Å². The van der Waals surface area contributed by atoms with Crippen molar-refractivity contribution in [3.05, 3.63) is 89.0 Å². The van der Waals surface area contributed by atoms with Crippen molar-refractivity contribution in [1.82, 2.24) is 4.72 Å². The molecule has 0 radical (unpaired) electrons. The van der Waals surface area contributed by atoms with Gasteiger partial charge in [-0.3, -0.25) is 0 Å². The third-order valence-electron chi connectivity index (χ3n) is 5.42. The Morgan fingerprint density at radius 1 is 1.06 bits per heavy atom. The molecule has 3 rings (SSSR count). The first-order chi connectivity index (χ1) is 16.6. The molecule has 3 aromatic rings. The summed E-state index contributed by atoms with van der Waals surface area (Å²) in [4.78, 5) is 13.3. The summed E-state index contributed by atoms with van der Waals surface area (Å²) in [7, 11) is 1.55. The lowest BCUT2D eigenvalue weighted by Gasteiger charge is -2.28. The van der Waals surface area contributed by atoms with Crippen molar-refractivity contribution in [2.75, 3.05) is 7.11 Å². The summed E-state index contributed by atoms with van der Waals surface area (Å²) in [6, 6.07) is 20.0. The molecule has 2 atom stereocenters. The van der Waals surface area contributed by atoms with Crippen LogP contribution in [-0.2, 0) is 18.0 Å². The normalized spacial score (nSPS) is 13.1. The molecule has 35 heavy (non-hydrogen) atoms. The standard InChI is InChI=1S/C28H33NO5S/c1-19-25(27(30)34-22-15-11-8-12-16-22)24(33-18-21-13-9-7-10-14-21)17-23(26(19)32-6)20(2)29-35(31)28(3,4)5/h7-17,20,29H,18H2,1-6H3/t20-,35?/m0/s1. The number of hydrogen-bond donors (Lipinski definition) is 1. The van der Waals surface area contributed by atoms with Crippen LogP contribution in [0.15, 0.2) is 66.7 Å². The monoisotopic (exact) mass is 495 g/mol. The first-order valence-electron chi connectivity index (χ1n) is 11.4. The van der Waals surface area contributed by atoms with Crippen molar-refractivity contribution >= 4 is 17.3 Å². The van der Waals surface area contributed by atoms with Crippen LogP contribution < -0.4 is 18.9 Å². The van der Waals surface area contributed by atoms with E-state index in [0.29, 0.717) is 22.8 Å². The zero-order valence-corrected chi connectivity index (χ0v) is 21.9. The summed E-state index contributed by atoms with van der Waals surface area (Å²) in [6.07, 6.45) is 0. The van der Waals surface area contributed by atoms with Crippen LogP contribution in [0.5, 0.6) is 17.2 Å². The Morgan fingerprint density at radius 3 is 2.23 bits per heavy atom. The van der Waals surface area contributed by atoms with E-state index in [9.17, 15) is 9.35 Å². The van der Waals surface area contributed by atoms with Gasteiger partial charge in [0.1, 0.15) is 34.2 Å². The van der Waals surface area contributed by atoms with Crippen molar-refractivity contribution < 1.29 is 23.6 Å². The number of rotatable bonds is 9. The van der Waals surface area contributed by atoms with Crippen molar-refractivity contribution in [3.63, 3.8) is 0 Å². The first-order valence-corrected chi connectivity index (χ1v) is 12.6. The fourth-order valence-corrected chi connectivity index (χ4v) is 4.34. The summed E-state index contributed by atoms with van der Waals surface area (Å²) in [5.41, 5.74) is 2.57. The quantitative estimate of drug-likeness (QED) is 0.226. The Balaban J connectivity index is 2.03. The number of para-hydroxylation sites is 1. The summed E-state index contributed by atoms with van der Waals surface area (Å²) in [5, 5.41) is 0. The number of esters is 1. The van der Waals surface area contributed by atoms with Crippen LogP contribution >= 0.6 is 0 Å². The topological polar surface area (TPSA) is 79.9 Å². The zero-order chi connectivity index (χ0) is 25.6. The van der Waals surface area contributed by atoms with Crippen LogP contribution in [0.4, 0.5) is 0 Å². The Bertz CT molecular complexity index is 1130. The molecule has 3 aromatic carbocycles. The van der Waals surface area contributed by atoms with Gasteiger partial charge in [-0.2, -0.15) is 0 Å². The smallest absolute Gasteiger partial charge is 0.347 e. The first kappa shape index (κ1) is 26.6. The van der Waals surface area contributed by atoms with E-state index in [1.54, 1.807) is 44.4 Å². The average molecular weight is 496 g/mol. The summed E-state index contributed by atoms with van der Waals surface area (Å²) in [5.74, 6) is 0.784. The molecule has 0 aromatic heterocycles. The highest BCUT2D eigenvalue weighted by Crippen LogP contribution is 2.39. The van der Waals surface area contributed by atoms with Crippen molar-refractivity contribution in [2.24, 2.45) is 0 Å². The Morgan fingerprint density at radius 2 is 1.66 bits per heavy atom. The second kappa shape index (κ2) is 11.6. The lowest BCUT2D eigenvalue weighted by molar-refractivity contribution is 0.0728. The van der Waals surface area contributed by atoms with Gasteiger partial charge in [-0.25, -0.2) is 4.79 Å². The minimum absolute atomic E-state index is 0.271. The fourth-order valence-electron chi connectivity index (χ4n) is 3.54. The third kappa shape index (κ3) is 6.78. The largest absolute Gasteiger partial charge is 0.598 e. The van der Waals surface area contributed by atoms with Crippen molar-refractivity contribution in [3.8, 4) is 17.2 Å². The van der Waals surface area contributed by atoms with Crippen molar-refractivity contribution in [2.45, 2.75) is 52.0 Å². The fraction of sp³-hybridized carbons (Fsp3) is 0.321. The molecule has 0 aliphatic carbocycles. The maximum absolute atomic E-state index is 13.3. The van der Waals surface area contributed by atoms with Crippen LogP contribution in [0.25, 0.3) is 0 Å². The summed E-state index contributed by atoms with van der Waals surface area (Å²) in [6.45, 7) is 9.69. The van der Waals surface area contributed by atoms with Gasteiger partial charge in [0.15, 0.2) is 0 Å². The van der Waals surface area contributed by atoms with Gasteiger partial charge in [-0.05, 0) is 58.4 Å². The summed E-state index contributed by atoms with van der Waals surface area (Å²) < 4.78 is 33.0. The highest BCUT2D eigenvalue weighted by atomic mass is 32.2. The van der Waals surface area contributed by atoms with E-state index in [0.717, 1.165) is 11.1 Å². The van der Waals surface area contributed by atoms with E-state index in [1.807, 2.05) is 64.1 Å². The van der Waals surface area contributed by atoms with Gasteiger partial charge in [-0.15, -0.1) is 4.72 Å². The molecule has 0 amide bonds. The number of methoxy groups -OCH3 is 1. The predicted octanol–water partition coefficient (Wildman–Crippen LogP) is 5.91. The molecule has 186 valence electrons. The van der Waals surface area contributed by atoms with Crippen LogP contribution in [0.2, 0.25) is 0 Å². The third-order valence-corrected chi connectivity index (χ3v) is 7.10. The number of carbonyl (C=O) groups excluding carboxylic acids is 1. The number of carbonyl (C=O) groups is 1. The highest BCUT2D eigenvalue weighted by molar-refractivity contribution is 7.90. The molecular weight excluding hydrogens is 462 g/mol. The minimum atomic E-state index is -1.30. The van der Waals surface area contributed by atoms with E-state index in [2.05, 4.69) is 4.72 Å². The molecule has 7 heteroatoms. The van der Waals surface area contributed by atoms with Gasteiger partial charge >= 0.3 is 5.97 Å². The van der Waals surface area contributed by atoms with Crippen LogP contribution in [0.1, 0.15) is 60.8 Å². The number of benzene rings is 3. The van der Waals surface area contributed by atoms with E-state index < -0.39 is 22.1 Å². The van der Waals surface area contributed by atoms with Crippen molar-refractivity contribution in [1.29, 1.82) is 0 Å². The van der Waals surface area contributed by atoms with Crippen LogP contribution in [0.3, 0.4) is 0 Å². The van der Waals surface area contributed by atoms with Gasteiger partial charge in [0.05, 0.1) is 13.2 Å². The molecule has 0 bridgehead atoms. The molecule has 1 N–H and O–H groups in total. The number of nitrogens with one attached hydrogen (secondary N) is 1. The Kier molecular flexibility index (Phi) is 8.83. The van der Waals surface area contributed by atoms with Gasteiger partial charge < -0.3 is 18.8 Å².